The molecule has 0 aliphatic heterocycles. The quantitative estimate of drug-likeness (QED) is 0.656. The van der Waals surface area contributed by atoms with Crippen LogP contribution in [-0.4, -0.2) is 23.8 Å². The molecule has 106 valence electrons. The molecular weight excluding hydrogens is 322 g/mol. The number of hydrogen-bond acceptors (Lipinski definition) is 1. The minimum Gasteiger partial charge on any atom is -0.299 e. The smallest absolute Gasteiger partial charge is 0.0453 e. The molecule has 0 bridgehead atoms. The average molecular weight is 345 g/mol. The molecule has 1 nitrogen and oxygen atoms in total. The summed E-state index contributed by atoms with van der Waals surface area (Å²) in [5.74, 6) is 0. The third-order valence-corrected chi connectivity index (χ3v) is 6.08. The Bertz CT molecular complexity index is 415. The van der Waals surface area contributed by atoms with Crippen LogP contribution in [-0.2, 0) is 0 Å². The lowest BCUT2D eigenvalue weighted by Gasteiger charge is -2.35. The van der Waals surface area contributed by atoms with Crippen LogP contribution in [0.25, 0.3) is 0 Å². The fourth-order valence-electron chi connectivity index (χ4n) is 3.18. The molecule has 0 N–H and O–H groups in total. The fourth-order valence-corrected chi connectivity index (χ4v) is 4.21. The Balaban J connectivity index is 2.07. The molecule has 19 heavy (non-hydrogen) atoms. The largest absolute Gasteiger partial charge is 0.299 e. The molecule has 1 atom stereocenters. The van der Waals surface area contributed by atoms with Gasteiger partial charge in [-0.05, 0) is 43.9 Å². The molecule has 1 unspecified atom stereocenters. The van der Waals surface area contributed by atoms with Crippen LogP contribution in [0.1, 0.15) is 44.2 Å². The van der Waals surface area contributed by atoms with E-state index >= 15 is 0 Å². The van der Waals surface area contributed by atoms with Crippen LogP contribution in [0.5, 0.6) is 0 Å². The van der Waals surface area contributed by atoms with Gasteiger partial charge < -0.3 is 0 Å². The Hall–Kier alpha value is -0.0500. The predicted octanol–water partition coefficient (Wildman–Crippen LogP) is 5.29. The van der Waals surface area contributed by atoms with Gasteiger partial charge in [0.25, 0.3) is 0 Å². The summed E-state index contributed by atoms with van der Waals surface area (Å²) in [6.07, 6.45) is 5.44. The molecule has 0 heterocycles. The third-order valence-electron chi connectivity index (χ3n) is 4.55. The first-order valence-electron chi connectivity index (χ1n) is 7.09. The lowest BCUT2D eigenvalue weighted by Crippen LogP contribution is -2.36. The van der Waals surface area contributed by atoms with E-state index in [0.717, 1.165) is 16.9 Å². The molecule has 0 amide bonds. The zero-order valence-electron chi connectivity index (χ0n) is 11.8. The van der Waals surface area contributed by atoms with E-state index in [2.05, 4.69) is 46.9 Å². The van der Waals surface area contributed by atoms with Gasteiger partial charge in [0.05, 0.1) is 0 Å². The second kappa shape index (κ2) is 6.60. The van der Waals surface area contributed by atoms with Gasteiger partial charge in [-0.25, -0.2) is 0 Å². The Morgan fingerprint density at radius 3 is 2.53 bits per heavy atom. The molecule has 3 heteroatoms. The average Bonchev–Trinajstić information content (AvgIpc) is 2.87. The Labute approximate surface area is 130 Å². The van der Waals surface area contributed by atoms with Gasteiger partial charge in [-0.1, -0.05) is 58.6 Å². The van der Waals surface area contributed by atoms with E-state index in [1.165, 1.54) is 31.2 Å². The number of benzene rings is 1. The number of nitrogens with zero attached hydrogens (tertiary/aromatic N) is 1. The zero-order valence-corrected chi connectivity index (χ0v) is 14.2. The van der Waals surface area contributed by atoms with Gasteiger partial charge in [-0.15, -0.1) is 0 Å². The second-order valence-electron chi connectivity index (χ2n) is 5.95. The lowest BCUT2D eigenvalue weighted by molar-refractivity contribution is 0.164. The van der Waals surface area contributed by atoms with Crippen molar-refractivity contribution in [3.8, 4) is 0 Å². The second-order valence-corrected chi connectivity index (χ2v) is 6.92. The highest BCUT2D eigenvalue weighted by Crippen LogP contribution is 2.41. The predicted molar refractivity (Wildman–Crippen MR) is 87.2 cm³/mol. The van der Waals surface area contributed by atoms with Gasteiger partial charge in [0.15, 0.2) is 0 Å². The molecule has 0 spiro atoms. The zero-order chi connectivity index (χ0) is 13.9. The van der Waals surface area contributed by atoms with Crippen LogP contribution in [0.4, 0.5) is 0 Å². The molecule has 1 aliphatic carbocycles. The summed E-state index contributed by atoms with van der Waals surface area (Å²) in [7, 11) is 2.22. The van der Waals surface area contributed by atoms with Gasteiger partial charge in [0.2, 0.25) is 0 Å². The third kappa shape index (κ3) is 3.53. The monoisotopic (exact) mass is 343 g/mol. The summed E-state index contributed by atoms with van der Waals surface area (Å²) >= 11 is 10.0. The molecular formula is C16H23BrClN. The highest BCUT2D eigenvalue weighted by molar-refractivity contribution is 9.09. The molecule has 2 rings (SSSR count). The molecule has 0 radical (unpaired) electrons. The molecule has 0 saturated heterocycles. The minimum absolute atomic E-state index is 0.366. The molecule has 0 aromatic heterocycles. The highest BCUT2D eigenvalue weighted by atomic mass is 79.9. The van der Waals surface area contributed by atoms with Crippen LogP contribution < -0.4 is 0 Å². The summed E-state index contributed by atoms with van der Waals surface area (Å²) in [6.45, 7) is 3.39. The van der Waals surface area contributed by atoms with Crippen LogP contribution in [0.15, 0.2) is 24.3 Å². The van der Waals surface area contributed by atoms with Crippen molar-refractivity contribution in [3.63, 3.8) is 0 Å². The van der Waals surface area contributed by atoms with E-state index in [1.54, 1.807) is 0 Å². The van der Waals surface area contributed by atoms with Crippen molar-refractivity contribution in [1.29, 1.82) is 0 Å². The number of alkyl halides is 1. The first-order valence-corrected chi connectivity index (χ1v) is 8.58. The van der Waals surface area contributed by atoms with E-state index < -0.39 is 0 Å². The first kappa shape index (κ1) is 15.3. The normalized spacial score (nSPS) is 19.8. The van der Waals surface area contributed by atoms with Crippen molar-refractivity contribution in [2.24, 2.45) is 5.41 Å². The summed E-state index contributed by atoms with van der Waals surface area (Å²) in [5, 5.41) is 1.99. The molecule has 1 aromatic carbocycles. The molecule has 1 aliphatic rings. The van der Waals surface area contributed by atoms with E-state index in [1.807, 2.05) is 12.1 Å². The van der Waals surface area contributed by atoms with Crippen molar-refractivity contribution >= 4 is 27.5 Å². The van der Waals surface area contributed by atoms with Crippen molar-refractivity contribution in [2.45, 2.75) is 38.6 Å². The highest BCUT2D eigenvalue weighted by Gasteiger charge is 2.34. The maximum Gasteiger partial charge on any atom is 0.0453 e. The van der Waals surface area contributed by atoms with Crippen molar-refractivity contribution in [1.82, 2.24) is 4.90 Å². The summed E-state index contributed by atoms with van der Waals surface area (Å²) < 4.78 is 0. The standard InChI is InChI=1S/C16H23BrClN/c1-13(14-7-3-4-8-15(14)18)19(2)12-16(11-17)9-5-6-10-16/h3-4,7-8,13H,5-6,9-12H2,1-2H3. The van der Waals surface area contributed by atoms with Gasteiger partial charge in [0, 0.05) is 22.9 Å². The SMILES string of the molecule is CC(c1ccccc1Cl)N(C)CC1(CBr)CCCC1. The van der Waals surface area contributed by atoms with Gasteiger partial charge in [-0.3, -0.25) is 4.90 Å². The van der Waals surface area contributed by atoms with E-state index in [4.69, 9.17) is 11.6 Å². The maximum atomic E-state index is 6.31. The topological polar surface area (TPSA) is 3.24 Å². The van der Waals surface area contributed by atoms with Gasteiger partial charge in [-0.2, -0.15) is 0 Å². The van der Waals surface area contributed by atoms with Gasteiger partial charge >= 0.3 is 0 Å². The van der Waals surface area contributed by atoms with Crippen LogP contribution in [0.2, 0.25) is 5.02 Å². The summed E-state index contributed by atoms with van der Waals surface area (Å²) in [5.41, 5.74) is 1.69. The fraction of sp³-hybridized carbons (Fsp3) is 0.625. The van der Waals surface area contributed by atoms with E-state index in [0.29, 0.717) is 11.5 Å². The van der Waals surface area contributed by atoms with Crippen LogP contribution >= 0.6 is 27.5 Å². The molecule has 1 fully saturated rings. The van der Waals surface area contributed by atoms with Crippen molar-refractivity contribution < 1.29 is 0 Å². The number of rotatable bonds is 5. The number of halogens is 2. The van der Waals surface area contributed by atoms with E-state index in [9.17, 15) is 0 Å². The lowest BCUT2D eigenvalue weighted by atomic mass is 9.87. The first-order chi connectivity index (χ1) is 9.08. The van der Waals surface area contributed by atoms with E-state index in [-0.39, 0.29) is 0 Å². The van der Waals surface area contributed by atoms with Crippen molar-refractivity contribution in [3.05, 3.63) is 34.9 Å². The Morgan fingerprint density at radius 1 is 1.32 bits per heavy atom. The van der Waals surface area contributed by atoms with Crippen molar-refractivity contribution in [2.75, 3.05) is 18.9 Å². The molecule has 1 aromatic rings. The Morgan fingerprint density at radius 2 is 1.95 bits per heavy atom. The number of hydrogen-bond donors (Lipinski definition) is 0. The minimum atomic E-state index is 0.366. The summed E-state index contributed by atoms with van der Waals surface area (Å²) in [6, 6.07) is 8.55. The van der Waals surface area contributed by atoms with Crippen LogP contribution in [0, 0.1) is 5.41 Å². The molecule has 1 saturated carbocycles. The van der Waals surface area contributed by atoms with Gasteiger partial charge in [0.1, 0.15) is 0 Å². The summed E-state index contributed by atoms with van der Waals surface area (Å²) in [4.78, 5) is 2.45. The Kier molecular flexibility index (Phi) is 5.33. The van der Waals surface area contributed by atoms with Crippen LogP contribution in [0.3, 0.4) is 0 Å². The maximum absolute atomic E-state index is 6.31.